The van der Waals surface area contributed by atoms with E-state index in [1.54, 1.807) is 12.1 Å². The number of hydrogen-bond acceptors (Lipinski definition) is 2. The first-order chi connectivity index (χ1) is 9.97. The molecular weight excluding hydrogens is 265 g/mol. The topological polar surface area (TPSA) is 21.3 Å². The minimum atomic E-state index is -0.154. The van der Waals surface area contributed by atoms with Crippen molar-refractivity contribution in [2.75, 3.05) is 19.8 Å². The fraction of sp³-hybridized carbons (Fsp3) is 0.667. The molecule has 0 bridgehead atoms. The first-order valence-corrected chi connectivity index (χ1v) is 8.03. The summed E-state index contributed by atoms with van der Waals surface area (Å²) in [6.07, 6.45) is 1.89. The van der Waals surface area contributed by atoms with Crippen LogP contribution in [0.4, 0.5) is 4.39 Å². The second kappa shape index (κ2) is 9.91. The van der Waals surface area contributed by atoms with Crippen LogP contribution in [0.1, 0.15) is 39.7 Å². The van der Waals surface area contributed by atoms with Gasteiger partial charge < -0.3 is 10.1 Å². The Morgan fingerprint density at radius 1 is 1.19 bits per heavy atom. The predicted octanol–water partition coefficient (Wildman–Crippen LogP) is 4.05. The van der Waals surface area contributed by atoms with Crippen LogP contribution in [0.15, 0.2) is 24.3 Å². The maximum Gasteiger partial charge on any atom is 0.123 e. The van der Waals surface area contributed by atoms with Crippen molar-refractivity contribution in [3.05, 3.63) is 35.6 Å². The molecule has 0 aromatic heterocycles. The van der Waals surface area contributed by atoms with Gasteiger partial charge in [-0.05, 0) is 48.9 Å². The van der Waals surface area contributed by atoms with Crippen molar-refractivity contribution < 1.29 is 9.13 Å². The quantitative estimate of drug-likeness (QED) is 0.658. The zero-order chi connectivity index (χ0) is 15.7. The number of benzene rings is 1. The van der Waals surface area contributed by atoms with Gasteiger partial charge in [-0.15, -0.1) is 0 Å². The van der Waals surface area contributed by atoms with E-state index in [-0.39, 0.29) is 5.82 Å². The van der Waals surface area contributed by atoms with Crippen molar-refractivity contribution in [2.24, 2.45) is 11.8 Å². The van der Waals surface area contributed by atoms with Crippen LogP contribution in [0.5, 0.6) is 0 Å². The van der Waals surface area contributed by atoms with E-state index in [4.69, 9.17) is 4.74 Å². The van der Waals surface area contributed by atoms with Crippen LogP contribution in [0.3, 0.4) is 0 Å². The fourth-order valence-electron chi connectivity index (χ4n) is 2.24. The molecule has 0 heterocycles. The van der Waals surface area contributed by atoms with Crippen LogP contribution >= 0.6 is 0 Å². The van der Waals surface area contributed by atoms with Crippen LogP contribution in [-0.2, 0) is 11.2 Å². The van der Waals surface area contributed by atoms with Crippen molar-refractivity contribution >= 4 is 0 Å². The van der Waals surface area contributed by atoms with Gasteiger partial charge in [0, 0.05) is 19.3 Å². The maximum atomic E-state index is 13.3. The second-order valence-corrected chi connectivity index (χ2v) is 6.52. The Morgan fingerprint density at radius 3 is 2.57 bits per heavy atom. The van der Waals surface area contributed by atoms with Gasteiger partial charge in [-0.1, -0.05) is 39.8 Å². The standard InChI is InChI=1S/C18H30FNO/c1-14(2)13-21-9-8-17(12-20-15(3)4)10-16-6-5-7-18(19)11-16/h5-7,11,14-15,17,20H,8-10,12-13H2,1-4H3. The highest BCUT2D eigenvalue weighted by Gasteiger charge is 2.11. The molecule has 1 unspecified atom stereocenters. The highest BCUT2D eigenvalue weighted by atomic mass is 19.1. The molecule has 21 heavy (non-hydrogen) atoms. The molecule has 1 N–H and O–H groups in total. The summed E-state index contributed by atoms with van der Waals surface area (Å²) < 4.78 is 19.0. The van der Waals surface area contributed by atoms with Crippen molar-refractivity contribution in [3.63, 3.8) is 0 Å². The second-order valence-electron chi connectivity index (χ2n) is 6.52. The van der Waals surface area contributed by atoms with E-state index in [1.165, 1.54) is 6.07 Å². The summed E-state index contributed by atoms with van der Waals surface area (Å²) in [5.74, 6) is 0.890. The van der Waals surface area contributed by atoms with Gasteiger partial charge in [0.2, 0.25) is 0 Å². The molecule has 0 amide bonds. The summed E-state index contributed by atoms with van der Waals surface area (Å²) >= 11 is 0. The van der Waals surface area contributed by atoms with Crippen molar-refractivity contribution in [1.82, 2.24) is 5.32 Å². The molecule has 0 fully saturated rings. The van der Waals surface area contributed by atoms with Gasteiger partial charge in [0.1, 0.15) is 5.82 Å². The van der Waals surface area contributed by atoms with Crippen molar-refractivity contribution in [1.29, 1.82) is 0 Å². The molecule has 0 saturated carbocycles. The van der Waals surface area contributed by atoms with Gasteiger partial charge in [-0.25, -0.2) is 4.39 Å². The molecule has 1 aromatic rings. The molecular formula is C18H30FNO. The van der Waals surface area contributed by atoms with Crippen LogP contribution < -0.4 is 5.32 Å². The van der Waals surface area contributed by atoms with E-state index < -0.39 is 0 Å². The summed E-state index contributed by atoms with van der Waals surface area (Å²) in [5, 5.41) is 3.48. The lowest BCUT2D eigenvalue weighted by atomic mass is 9.96. The normalized spacial score (nSPS) is 13.1. The maximum absolute atomic E-state index is 13.3. The summed E-state index contributed by atoms with van der Waals surface area (Å²) in [6.45, 7) is 11.1. The SMILES string of the molecule is CC(C)COCCC(CNC(C)C)Cc1cccc(F)c1. The van der Waals surface area contributed by atoms with E-state index >= 15 is 0 Å². The Bertz CT molecular complexity index is 393. The van der Waals surface area contributed by atoms with Gasteiger partial charge in [-0.2, -0.15) is 0 Å². The first kappa shape index (κ1) is 18.1. The molecule has 3 heteroatoms. The average Bonchev–Trinajstić information content (AvgIpc) is 2.40. The van der Waals surface area contributed by atoms with Crippen molar-refractivity contribution in [2.45, 2.75) is 46.6 Å². The largest absolute Gasteiger partial charge is 0.381 e. The minimum Gasteiger partial charge on any atom is -0.381 e. The smallest absolute Gasteiger partial charge is 0.123 e. The van der Waals surface area contributed by atoms with E-state index in [9.17, 15) is 4.39 Å². The number of halogens is 1. The molecule has 1 atom stereocenters. The van der Waals surface area contributed by atoms with Crippen LogP contribution in [0.25, 0.3) is 0 Å². The lowest BCUT2D eigenvalue weighted by molar-refractivity contribution is 0.0973. The summed E-state index contributed by atoms with van der Waals surface area (Å²) in [5.41, 5.74) is 1.06. The van der Waals surface area contributed by atoms with E-state index in [0.717, 1.165) is 38.2 Å². The minimum absolute atomic E-state index is 0.154. The third-order valence-corrected chi connectivity index (χ3v) is 3.35. The summed E-state index contributed by atoms with van der Waals surface area (Å²) in [6, 6.07) is 7.39. The highest BCUT2D eigenvalue weighted by molar-refractivity contribution is 5.16. The third kappa shape index (κ3) is 8.84. The van der Waals surface area contributed by atoms with E-state index in [1.807, 2.05) is 6.07 Å². The molecule has 1 aromatic carbocycles. The summed E-state index contributed by atoms with van der Waals surface area (Å²) in [7, 11) is 0. The van der Waals surface area contributed by atoms with Gasteiger partial charge in [0.25, 0.3) is 0 Å². The summed E-state index contributed by atoms with van der Waals surface area (Å²) in [4.78, 5) is 0. The Labute approximate surface area is 129 Å². The molecule has 0 aliphatic heterocycles. The van der Waals surface area contributed by atoms with Crippen LogP contribution in [0, 0.1) is 17.7 Å². The Balaban J connectivity index is 2.47. The van der Waals surface area contributed by atoms with Crippen LogP contribution in [-0.4, -0.2) is 25.8 Å². The molecule has 0 aliphatic rings. The molecule has 0 spiro atoms. The van der Waals surface area contributed by atoms with Crippen molar-refractivity contribution in [3.8, 4) is 0 Å². The molecule has 1 rings (SSSR count). The first-order valence-electron chi connectivity index (χ1n) is 8.03. The molecule has 0 saturated heterocycles. The average molecular weight is 295 g/mol. The Hall–Kier alpha value is -0.930. The monoisotopic (exact) mass is 295 g/mol. The lowest BCUT2D eigenvalue weighted by Crippen LogP contribution is -2.30. The number of nitrogens with one attached hydrogen (secondary N) is 1. The Kier molecular flexibility index (Phi) is 8.55. The molecule has 2 nitrogen and oxygen atoms in total. The van der Waals surface area contributed by atoms with E-state index in [2.05, 4.69) is 33.0 Å². The zero-order valence-corrected chi connectivity index (χ0v) is 13.9. The van der Waals surface area contributed by atoms with Gasteiger partial charge in [0.05, 0.1) is 0 Å². The zero-order valence-electron chi connectivity index (χ0n) is 13.9. The Morgan fingerprint density at radius 2 is 1.95 bits per heavy atom. The molecule has 120 valence electrons. The van der Waals surface area contributed by atoms with Gasteiger partial charge in [0.15, 0.2) is 0 Å². The number of rotatable bonds is 10. The number of ether oxygens (including phenoxy) is 1. The third-order valence-electron chi connectivity index (χ3n) is 3.35. The van der Waals surface area contributed by atoms with Gasteiger partial charge in [-0.3, -0.25) is 0 Å². The predicted molar refractivity (Wildman–Crippen MR) is 87.0 cm³/mol. The number of hydrogen-bond donors (Lipinski definition) is 1. The van der Waals surface area contributed by atoms with Gasteiger partial charge >= 0.3 is 0 Å². The molecule has 0 radical (unpaired) electrons. The molecule has 0 aliphatic carbocycles. The van der Waals surface area contributed by atoms with E-state index in [0.29, 0.717) is 17.9 Å². The van der Waals surface area contributed by atoms with Crippen LogP contribution in [0.2, 0.25) is 0 Å². The highest BCUT2D eigenvalue weighted by Crippen LogP contribution is 2.14. The lowest BCUT2D eigenvalue weighted by Gasteiger charge is -2.20. The fourth-order valence-corrected chi connectivity index (χ4v) is 2.24.